The second-order valence-corrected chi connectivity index (χ2v) is 7.23. The van der Waals surface area contributed by atoms with Gasteiger partial charge < -0.3 is 0 Å². The van der Waals surface area contributed by atoms with E-state index >= 15 is 0 Å². The van der Waals surface area contributed by atoms with E-state index < -0.39 is 0 Å². The summed E-state index contributed by atoms with van der Waals surface area (Å²) in [6.45, 7) is 14.3. The molecule has 1 saturated carbocycles. The van der Waals surface area contributed by atoms with Crippen molar-refractivity contribution >= 4 is 15.9 Å². The second kappa shape index (κ2) is 2.98. The van der Waals surface area contributed by atoms with Gasteiger partial charge in [-0.3, -0.25) is 0 Å². The van der Waals surface area contributed by atoms with E-state index in [4.69, 9.17) is 0 Å². The molecule has 0 aromatic carbocycles. The molecule has 1 heteroatoms. The van der Waals surface area contributed by atoms with Crippen LogP contribution in [0.3, 0.4) is 0 Å². The van der Waals surface area contributed by atoms with Crippen molar-refractivity contribution in [3.63, 3.8) is 0 Å². The van der Waals surface area contributed by atoms with E-state index in [1.165, 1.54) is 6.42 Å². The molecule has 2 atom stereocenters. The number of alkyl halides is 1. The van der Waals surface area contributed by atoms with Crippen molar-refractivity contribution in [3.05, 3.63) is 0 Å². The number of hydrogen-bond acceptors (Lipinski definition) is 0. The lowest BCUT2D eigenvalue weighted by atomic mass is 9.80. The molecule has 0 nitrogen and oxygen atoms in total. The van der Waals surface area contributed by atoms with Crippen molar-refractivity contribution in [2.24, 2.45) is 22.2 Å². The molecule has 13 heavy (non-hydrogen) atoms. The van der Waals surface area contributed by atoms with E-state index in [-0.39, 0.29) is 0 Å². The fraction of sp³-hybridized carbons (Fsp3) is 1.00. The maximum Gasteiger partial charge on any atom is 0.00703 e. The van der Waals surface area contributed by atoms with Crippen LogP contribution in [0.5, 0.6) is 0 Å². The Kier molecular flexibility index (Phi) is 2.65. The number of halogens is 1. The normalized spacial score (nSPS) is 37.6. The molecule has 0 aliphatic heterocycles. The monoisotopic (exact) mass is 246 g/mol. The third kappa shape index (κ3) is 1.82. The van der Waals surface area contributed by atoms with Crippen LogP contribution in [0.25, 0.3) is 0 Å². The fourth-order valence-electron chi connectivity index (χ4n) is 3.01. The molecule has 0 aromatic rings. The lowest BCUT2D eigenvalue weighted by molar-refractivity contribution is 0.249. The lowest BCUT2D eigenvalue weighted by Crippen LogP contribution is -2.16. The van der Waals surface area contributed by atoms with E-state index in [0.29, 0.717) is 16.2 Å². The SMILES string of the molecule is CC(C)(C)CC1(C)C(CBr)C1(C)C. The van der Waals surface area contributed by atoms with Gasteiger partial charge in [0.15, 0.2) is 0 Å². The highest BCUT2D eigenvalue weighted by molar-refractivity contribution is 9.09. The van der Waals surface area contributed by atoms with E-state index in [1.54, 1.807) is 0 Å². The predicted molar refractivity (Wildman–Crippen MR) is 63.2 cm³/mol. The summed E-state index contributed by atoms with van der Waals surface area (Å²) in [6, 6.07) is 0. The largest absolute Gasteiger partial charge is 0.0925 e. The van der Waals surface area contributed by atoms with Gasteiger partial charge in [-0.2, -0.15) is 0 Å². The van der Waals surface area contributed by atoms with Gasteiger partial charge in [0.2, 0.25) is 0 Å². The maximum absolute atomic E-state index is 3.63. The van der Waals surface area contributed by atoms with Crippen LogP contribution in [0.15, 0.2) is 0 Å². The summed E-state index contributed by atoms with van der Waals surface area (Å²) in [5.74, 6) is 0.860. The molecule has 0 bridgehead atoms. The molecule has 0 saturated heterocycles. The van der Waals surface area contributed by atoms with Gasteiger partial charge in [0.1, 0.15) is 0 Å². The highest BCUT2D eigenvalue weighted by Gasteiger charge is 2.67. The zero-order valence-corrected chi connectivity index (χ0v) is 11.5. The van der Waals surface area contributed by atoms with Gasteiger partial charge >= 0.3 is 0 Å². The first kappa shape index (κ1) is 11.6. The van der Waals surface area contributed by atoms with E-state index in [2.05, 4.69) is 57.5 Å². The zero-order valence-electron chi connectivity index (χ0n) is 9.87. The van der Waals surface area contributed by atoms with Crippen molar-refractivity contribution in [1.82, 2.24) is 0 Å². The first-order valence-electron chi connectivity index (χ1n) is 5.21. The van der Waals surface area contributed by atoms with Crippen molar-refractivity contribution in [2.45, 2.75) is 48.0 Å². The topological polar surface area (TPSA) is 0 Å². The molecule has 2 unspecified atom stereocenters. The fourth-order valence-corrected chi connectivity index (χ4v) is 4.54. The molecule has 0 radical (unpaired) electrons. The molecule has 0 aromatic heterocycles. The van der Waals surface area contributed by atoms with Gasteiger partial charge in [0.05, 0.1) is 0 Å². The molecular weight excluding hydrogens is 224 g/mol. The Bertz CT molecular complexity index is 200. The third-order valence-electron chi connectivity index (χ3n) is 4.08. The van der Waals surface area contributed by atoms with Gasteiger partial charge in [0, 0.05) is 5.33 Å². The summed E-state index contributed by atoms with van der Waals surface area (Å²) in [5, 5.41) is 1.16. The van der Waals surface area contributed by atoms with Crippen molar-refractivity contribution in [2.75, 3.05) is 5.33 Å². The van der Waals surface area contributed by atoms with Gasteiger partial charge in [-0.05, 0) is 28.6 Å². The van der Waals surface area contributed by atoms with E-state index in [9.17, 15) is 0 Å². The van der Waals surface area contributed by atoms with Gasteiger partial charge in [-0.15, -0.1) is 0 Å². The van der Waals surface area contributed by atoms with Gasteiger partial charge in [-0.1, -0.05) is 57.5 Å². The number of rotatable bonds is 2. The third-order valence-corrected chi connectivity index (χ3v) is 4.73. The summed E-state index contributed by atoms with van der Waals surface area (Å²) in [5.41, 5.74) is 1.54. The van der Waals surface area contributed by atoms with E-state index in [0.717, 1.165) is 11.2 Å². The minimum absolute atomic E-state index is 0.461. The van der Waals surface area contributed by atoms with Crippen LogP contribution < -0.4 is 0 Å². The van der Waals surface area contributed by atoms with E-state index in [1.807, 2.05) is 0 Å². The van der Waals surface area contributed by atoms with Crippen LogP contribution in [-0.2, 0) is 0 Å². The Morgan fingerprint density at radius 3 is 1.85 bits per heavy atom. The van der Waals surface area contributed by atoms with Crippen molar-refractivity contribution in [1.29, 1.82) is 0 Å². The predicted octanol–water partition coefficient (Wildman–Crippen LogP) is 4.48. The molecule has 78 valence electrons. The molecule has 1 aliphatic carbocycles. The summed E-state index contributed by atoms with van der Waals surface area (Å²) >= 11 is 3.63. The average Bonchev–Trinajstić information content (AvgIpc) is 2.21. The standard InChI is InChI=1S/C12H23Br/c1-10(2,3)8-12(6)9(7-13)11(12,4)5/h9H,7-8H2,1-6H3. The Morgan fingerprint density at radius 2 is 1.62 bits per heavy atom. The quantitative estimate of drug-likeness (QED) is 0.631. The minimum Gasteiger partial charge on any atom is -0.0925 e. The zero-order chi connectivity index (χ0) is 10.5. The van der Waals surface area contributed by atoms with Crippen LogP contribution in [0.1, 0.15) is 48.0 Å². The molecule has 0 amide bonds. The smallest absolute Gasteiger partial charge is 0.00703 e. The molecule has 1 fully saturated rings. The Hall–Kier alpha value is 0.480. The molecule has 1 rings (SSSR count). The van der Waals surface area contributed by atoms with Crippen LogP contribution in [0.2, 0.25) is 0 Å². The summed E-state index contributed by atoms with van der Waals surface area (Å²) in [4.78, 5) is 0. The summed E-state index contributed by atoms with van der Waals surface area (Å²) < 4.78 is 0. The first-order valence-corrected chi connectivity index (χ1v) is 6.33. The highest BCUT2D eigenvalue weighted by Crippen LogP contribution is 2.72. The minimum atomic E-state index is 0.461. The van der Waals surface area contributed by atoms with Gasteiger partial charge in [-0.25, -0.2) is 0 Å². The second-order valence-electron chi connectivity index (χ2n) is 6.58. The maximum atomic E-state index is 3.63. The Morgan fingerprint density at radius 1 is 1.15 bits per heavy atom. The first-order chi connectivity index (χ1) is 5.65. The van der Waals surface area contributed by atoms with Crippen LogP contribution in [-0.4, -0.2) is 5.33 Å². The lowest BCUT2D eigenvalue weighted by Gasteiger charge is -2.26. The highest BCUT2D eigenvalue weighted by atomic mass is 79.9. The average molecular weight is 247 g/mol. The molecular formula is C12H23Br. The van der Waals surface area contributed by atoms with Crippen LogP contribution in [0.4, 0.5) is 0 Å². The molecule has 0 spiro atoms. The summed E-state index contributed by atoms with van der Waals surface area (Å²) in [7, 11) is 0. The van der Waals surface area contributed by atoms with Gasteiger partial charge in [0.25, 0.3) is 0 Å². The molecule has 1 aliphatic rings. The molecule has 0 N–H and O–H groups in total. The summed E-state index contributed by atoms with van der Waals surface area (Å²) in [6.07, 6.45) is 1.34. The molecule has 0 heterocycles. The number of hydrogen-bond donors (Lipinski definition) is 0. The van der Waals surface area contributed by atoms with Crippen LogP contribution in [0, 0.1) is 22.2 Å². The van der Waals surface area contributed by atoms with Crippen molar-refractivity contribution in [3.8, 4) is 0 Å². The Labute approximate surface area is 91.6 Å². The van der Waals surface area contributed by atoms with Crippen molar-refractivity contribution < 1.29 is 0 Å². The Balaban J connectivity index is 2.71. The van der Waals surface area contributed by atoms with Crippen LogP contribution >= 0.6 is 15.9 Å².